The number of carbonyl (C=O) groups excluding carboxylic acids is 1. The molecule has 146 valence electrons. The molecule has 1 saturated heterocycles. The van der Waals surface area contributed by atoms with Crippen LogP contribution in [0.1, 0.15) is 38.2 Å². The summed E-state index contributed by atoms with van der Waals surface area (Å²) in [7, 11) is 0. The van der Waals surface area contributed by atoms with Crippen LogP contribution < -0.4 is 10.2 Å². The summed E-state index contributed by atoms with van der Waals surface area (Å²) in [6, 6.07) is 8.21. The van der Waals surface area contributed by atoms with Crippen LogP contribution in [0.4, 0.5) is 11.5 Å². The smallest absolute Gasteiger partial charge is 0.229 e. The van der Waals surface area contributed by atoms with Gasteiger partial charge in [0, 0.05) is 18.8 Å². The number of nitrogens with zero attached hydrogens (tertiary/aromatic N) is 4. The normalized spacial score (nSPS) is 17.0. The molecule has 1 atom stereocenters. The predicted octanol–water partition coefficient (Wildman–Crippen LogP) is 3.55. The van der Waals surface area contributed by atoms with E-state index in [4.69, 9.17) is 0 Å². The largest absolute Gasteiger partial charge is 0.354 e. The number of aromatic amines is 1. The molecule has 1 amide bonds. The van der Waals surface area contributed by atoms with E-state index in [9.17, 15) is 4.79 Å². The summed E-state index contributed by atoms with van der Waals surface area (Å²) in [5.41, 5.74) is 3.65. The van der Waals surface area contributed by atoms with Gasteiger partial charge in [-0.05, 0) is 43.4 Å². The number of nitrogens with one attached hydrogen (secondary N) is 2. The first-order valence-corrected chi connectivity index (χ1v) is 10.0. The van der Waals surface area contributed by atoms with Crippen LogP contribution in [0.5, 0.6) is 0 Å². The number of imidazole rings is 1. The van der Waals surface area contributed by atoms with Gasteiger partial charge < -0.3 is 15.2 Å². The van der Waals surface area contributed by atoms with Crippen LogP contribution >= 0.6 is 0 Å². The second kappa shape index (κ2) is 8.37. The molecule has 1 aromatic carbocycles. The van der Waals surface area contributed by atoms with Crippen LogP contribution in [-0.4, -0.2) is 38.9 Å². The molecule has 0 aliphatic carbocycles. The van der Waals surface area contributed by atoms with Gasteiger partial charge in [-0.2, -0.15) is 0 Å². The fraction of sp³-hybridized carbons (Fsp3) is 0.429. The highest BCUT2D eigenvalue weighted by Crippen LogP contribution is 2.26. The lowest BCUT2D eigenvalue weighted by Gasteiger charge is -2.32. The van der Waals surface area contributed by atoms with E-state index in [2.05, 4.69) is 49.2 Å². The Hall–Kier alpha value is -2.96. The molecular formula is C21H26N6O. The molecule has 1 fully saturated rings. The molecule has 2 aromatic heterocycles. The first-order chi connectivity index (χ1) is 13.7. The highest BCUT2D eigenvalue weighted by atomic mass is 16.1. The highest BCUT2D eigenvalue weighted by molar-refractivity contribution is 5.93. The Bertz CT molecular complexity index is 935. The number of hydrogen-bond acceptors (Lipinski definition) is 5. The summed E-state index contributed by atoms with van der Waals surface area (Å²) >= 11 is 0. The third-order valence-corrected chi connectivity index (χ3v) is 5.34. The Labute approximate surface area is 164 Å². The van der Waals surface area contributed by atoms with Crippen molar-refractivity contribution in [2.75, 3.05) is 23.3 Å². The van der Waals surface area contributed by atoms with Crippen LogP contribution in [0.15, 0.2) is 36.9 Å². The van der Waals surface area contributed by atoms with Gasteiger partial charge in [0.1, 0.15) is 11.8 Å². The summed E-state index contributed by atoms with van der Waals surface area (Å²) in [5.74, 6) is 0.822. The van der Waals surface area contributed by atoms with Crippen molar-refractivity contribution >= 4 is 28.6 Å². The Balaban J connectivity index is 1.41. The van der Waals surface area contributed by atoms with Gasteiger partial charge >= 0.3 is 0 Å². The minimum Gasteiger partial charge on any atom is -0.354 e. The molecule has 0 unspecified atom stereocenters. The van der Waals surface area contributed by atoms with Gasteiger partial charge in [0.15, 0.2) is 11.5 Å². The van der Waals surface area contributed by atoms with Crippen molar-refractivity contribution in [2.24, 2.45) is 5.92 Å². The molecule has 0 radical (unpaired) electrons. The lowest BCUT2D eigenvalue weighted by Crippen LogP contribution is -2.41. The van der Waals surface area contributed by atoms with Crippen molar-refractivity contribution in [2.45, 2.75) is 39.0 Å². The van der Waals surface area contributed by atoms with Gasteiger partial charge in [0.25, 0.3) is 0 Å². The van der Waals surface area contributed by atoms with Crippen molar-refractivity contribution in [1.29, 1.82) is 0 Å². The number of aryl methyl sites for hydroxylation is 1. The molecule has 3 heterocycles. The second-order valence-electron chi connectivity index (χ2n) is 7.37. The molecule has 0 bridgehead atoms. The van der Waals surface area contributed by atoms with E-state index >= 15 is 0 Å². The Morgan fingerprint density at radius 3 is 2.93 bits per heavy atom. The molecule has 0 saturated carbocycles. The van der Waals surface area contributed by atoms with Crippen LogP contribution in [0.25, 0.3) is 11.2 Å². The standard InChI is InChI=1S/C21H26N6O/c1-2-3-5-15-7-9-17(10-8-15)26-21(28)16-6-4-11-27(12-16)20-18-19(23-13-22-18)24-14-25-20/h7-10,13-14,16H,2-6,11-12H2,1H3,(H,26,28)(H,22,23,24,25)/t16-/m0/s1. The lowest BCUT2D eigenvalue weighted by molar-refractivity contribution is -0.120. The van der Waals surface area contributed by atoms with Crippen molar-refractivity contribution < 1.29 is 4.79 Å². The fourth-order valence-corrected chi connectivity index (χ4v) is 3.76. The monoisotopic (exact) mass is 378 g/mol. The summed E-state index contributed by atoms with van der Waals surface area (Å²) < 4.78 is 0. The number of hydrogen-bond donors (Lipinski definition) is 2. The van der Waals surface area contributed by atoms with Crippen molar-refractivity contribution in [1.82, 2.24) is 19.9 Å². The number of H-pyrrole nitrogens is 1. The van der Waals surface area contributed by atoms with Crippen LogP contribution in [0, 0.1) is 5.92 Å². The van der Waals surface area contributed by atoms with Crippen molar-refractivity contribution in [3.05, 3.63) is 42.5 Å². The summed E-state index contributed by atoms with van der Waals surface area (Å²) in [5, 5.41) is 3.08. The molecule has 7 heteroatoms. The highest BCUT2D eigenvalue weighted by Gasteiger charge is 2.28. The maximum absolute atomic E-state index is 12.8. The number of benzene rings is 1. The predicted molar refractivity (Wildman–Crippen MR) is 110 cm³/mol. The zero-order chi connectivity index (χ0) is 19.3. The third-order valence-electron chi connectivity index (χ3n) is 5.34. The van der Waals surface area contributed by atoms with Crippen molar-refractivity contribution in [3.63, 3.8) is 0 Å². The van der Waals surface area contributed by atoms with E-state index in [-0.39, 0.29) is 11.8 Å². The average Bonchev–Trinajstić information content (AvgIpc) is 3.22. The molecule has 1 aliphatic heterocycles. The summed E-state index contributed by atoms with van der Waals surface area (Å²) in [4.78, 5) is 30.9. The fourth-order valence-electron chi connectivity index (χ4n) is 3.76. The van der Waals surface area contributed by atoms with Crippen LogP contribution in [-0.2, 0) is 11.2 Å². The molecule has 2 N–H and O–H groups in total. The van der Waals surface area contributed by atoms with Gasteiger partial charge in [-0.25, -0.2) is 15.0 Å². The summed E-state index contributed by atoms with van der Waals surface area (Å²) in [6.45, 7) is 3.72. The minimum absolute atomic E-state index is 0.0681. The molecule has 1 aliphatic rings. The summed E-state index contributed by atoms with van der Waals surface area (Å²) in [6.07, 6.45) is 8.46. The maximum atomic E-state index is 12.8. The number of unbranched alkanes of at least 4 members (excludes halogenated alkanes) is 1. The van der Waals surface area contributed by atoms with Gasteiger partial charge in [-0.1, -0.05) is 25.5 Å². The van der Waals surface area contributed by atoms with Gasteiger partial charge in [0.05, 0.1) is 12.2 Å². The third kappa shape index (κ3) is 3.98. The molecule has 3 aromatic rings. The van der Waals surface area contributed by atoms with E-state index in [1.54, 1.807) is 6.33 Å². The molecule has 28 heavy (non-hydrogen) atoms. The number of rotatable bonds is 6. The second-order valence-corrected chi connectivity index (χ2v) is 7.37. The topological polar surface area (TPSA) is 86.8 Å². The van der Waals surface area contributed by atoms with E-state index in [1.807, 2.05) is 12.1 Å². The SMILES string of the molecule is CCCCc1ccc(NC(=O)[C@H]2CCCN(c3ncnc4nc[nH]c34)C2)cc1. The number of anilines is 2. The first-order valence-electron chi connectivity index (χ1n) is 10.0. The molecular weight excluding hydrogens is 352 g/mol. The average molecular weight is 378 g/mol. The van der Waals surface area contributed by atoms with Gasteiger partial charge in [0.2, 0.25) is 5.91 Å². The Morgan fingerprint density at radius 1 is 1.25 bits per heavy atom. The number of fused-ring (bicyclic) bond motifs is 1. The zero-order valence-electron chi connectivity index (χ0n) is 16.2. The Kier molecular flexibility index (Phi) is 5.50. The molecule has 4 rings (SSSR count). The molecule has 0 spiro atoms. The number of aromatic nitrogens is 4. The Morgan fingerprint density at radius 2 is 2.11 bits per heavy atom. The molecule has 7 nitrogen and oxygen atoms in total. The number of carbonyl (C=O) groups is 1. The van der Waals surface area contributed by atoms with Crippen molar-refractivity contribution in [3.8, 4) is 0 Å². The van der Waals surface area contributed by atoms with E-state index in [1.165, 1.54) is 24.7 Å². The van der Waals surface area contributed by atoms with E-state index in [0.29, 0.717) is 12.2 Å². The zero-order valence-corrected chi connectivity index (χ0v) is 16.2. The van der Waals surface area contributed by atoms with Crippen LogP contribution in [0.3, 0.4) is 0 Å². The van der Waals surface area contributed by atoms with E-state index < -0.39 is 0 Å². The first kappa shape index (κ1) is 18.4. The minimum atomic E-state index is -0.0681. The van der Waals surface area contributed by atoms with Gasteiger partial charge in [-0.3, -0.25) is 4.79 Å². The quantitative estimate of drug-likeness (QED) is 0.685. The van der Waals surface area contributed by atoms with Crippen LogP contribution in [0.2, 0.25) is 0 Å². The van der Waals surface area contributed by atoms with Gasteiger partial charge in [-0.15, -0.1) is 0 Å². The lowest BCUT2D eigenvalue weighted by atomic mass is 9.97. The maximum Gasteiger partial charge on any atom is 0.229 e. The number of piperidine rings is 1. The van der Waals surface area contributed by atoms with E-state index in [0.717, 1.165) is 42.8 Å². The number of amides is 1.